The van der Waals surface area contributed by atoms with Crippen LogP contribution in [0.1, 0.15) is 23.0 Å². The lowest BCUT2D eigenvalue weighted by atomic mass is 10.2. The molecule has 1 atom stereocenters. The van der Waals surface area contributed by atoms with E-state index in [4.69, 9.17) is 0 Å². The van der Waals surface area contributed by atoms with E-state index in [9.17, 15) is 9.59 Å². The van der Waals surface area contributed by atoms with Gasteiger partial charge in [-0.25, -0.2) is 0 Å². The van der Waals surface area contributed by atoms with Crippen molar-refractivity contribution in [2.24, 2.45) is 0 Å². The molecule has 4 nitrogen and oxygen atoms in total. The van der Waals surface area contributed by atoms with Gasteiger partial charge < -0.3 is 0 Å². The number of amides is 2. The quantitative estimate of drug-likeness (QED) is 0.672. The van der Waals surface area contributed by atoms with Crippen LogP contribution in [0, 0.1) is 6.92 Å². The molecule has 74 valence electrons. The fraction of sp³-hybridized carbons (Fsp3) is 0.222. The summed E-state index contributed by atoms with van der Waals surface area (Å²) < 4.78 is 0. The molecule has 5 heteroatoms. The van der Waals surface area contributed by atoms with Gasteiger partial charge in [-0.15, -0.1) is 9.24 Å². The molecule has 0 aromatic carbocycles. The predicted molar refractivity (Wildman–Crippen MR) is 56.5 cm³/mol. The minimum atomic E-state index is -0.410. The van der Waals surface area contributed by atoms with Crippen LogP contribution in [0.15, 0.2) is 12.3 Å². The molecular formula is C9H11N2O2P. The van der Waals surface area contributed by atoms with Gasteiger partial charge in [0.25, 0.3) is 5.91 Å². The minimum absolute atomic E-state index is 0.372. The van der Waals surface area contributed by atoms with Crippen LogP contribution in [0.4, 0.5) is 0 Å². The predicted octanol–water partition coefficient (Wildman–Crippen LogP) is 0.167. The Morgan fingerprint density at radius 2 is 2.14 bits per heavy atom. The number of aromatic nitrogens is 1. The Morgan fingerprint density at radius 1 is 1.50 bits per heavy atom. The van der Waals surface area contributed by atoms with Crippen LogP contribution in [0.2, 0.25) is 0 Å². The van der Waals surface area contributed by atoms with Crippen molar-refractivity contribution in [3.8, 4) is 0 Å². The molecule has 14 heavy (non-hydrogen) atoms. The largest absolute Gasteiger partial charge is 0.293 e. The Bertz CT molecular complexity index is 390. The second-order valence-corrected chi connectivity index (χ2v) is 3.58. The molecule has 1 heterocycles. The van der Waals surface area contributed by atoms with Crippen molar-refractivity contribution >= 4 is 26.4 Å². The van der Waals surface area contributed by atoms with E-state index in [-0.39, 0.29) is 5.91 Å². The molecule has 1 rings (SSSR count). The number of nitrogens with one attached hydrogen (secondary N) is 1. The summed E-state index contributed by atoms with van der Waals surface area (Å²) >= 11 is 0. The summed E-state index contributed by atoms with van der Waals surface area (Å²) in [6.45, 7) is 3.02. The molecule has 0 aliphatic rings. The minimum Gasteiger partial charge on any atom is -0.293 e. The molecule has 1 unspecified atom stereocenters. The SMILES string of the molecule is CC(=O)NC(=O)c1cc(P)cnc1C. The van der Waals surface area contributed by atoms with Gasteiger partial charge in [0.05, 0.1) is 11.3 Å². The number of aryl methyl sites for hydroxylation is 1. The second kappa shape index (κ2) is 4.29. The third-order valence-electron chi connectivity index (χ3n) is 1.64. The Balaban J connectivity index is 3.00. The van der Waals surface area contributed by atoms with Crippen LogP contribution in [0.25, 0.3) is 0 Å². The molecule has 0 saturated carbocycles. The number of imide groups is 1. The van der Waals surface area contributed by atoms with Crippen molar-refractivity contribution in [3.05, 3.63) is 23.5 Å². The molecule has 2 amide bonds. The molecule has 0 saturated heterocycles. The normalized spacial score (nSPS) is 9.64. The molecule has 0 radical (unpaired) electrons. The smallest absolute Gasteiger partial charge is 0.259 e. The Morgan fingerprint density at radius 3 is 2.71 bits per heavy atom. The maximum Gasteiger partial charge on any atom is 0.259 e. The van der Waals surface area contributed by atoms with Crippen LogP contribution < -0.4 is 10.6 Å². The van der Waals surface area contributed by atoms with E-state index in [0.717, 1.165) is 5.30 Å². The molecule has 1 aromatic heterocycles. The first-order valence-corrected chi connectivity index (χ1v) is 4.62. The molecule has 1 aromatic rings. The second-order valence-electron chi connectivity index (χ2n) is 2.91. The lowest BCUT2D eigenvalue weighted by Crippen LogP contribution is -2.29. The van der Waals surface area contributed by atoms with E-state index >= 15 is 0 Å². The average molecular weight is 210 g/mol. The fourth-order valence-corrected chi connectivity index (χ4v) is 1.25. The van der Waals surface area contributed by atoms with Gasteiger partial charge in [-0.05, 0) is 18.3 Å². The van der Waals surface area contributed by atoms with Crippen molar-refractivity contribution in [2.75, 3.05) is 0 Å². The zero-order chi connectivity index (χ0) is 10.7. The average Bonchev–Trinajstić information content (AvgIpc) is 2.08. The maximum absolute atomic E-state index is 11.4. The van der Waals surface area contributed by atoms with Crippen molar-refractivity contribution < 1.29 is 9.59 Å². The van der Waals surface area contributed by atoms with E-state index in [2.05, 4.69) is 19.5 Å². The van der Waals surface area contributed by atoms with Gasteiger partial charge in [-0.3, -0.25) is 19.9 Å². The van der Waals surface area contributed by atoms with Crippen LogP contribution in [0.5, 0.6) is 0 Å². The summed E-state index contributed by atoms with van der Waals surface area (Å²) in [4.78, 5) is 26.1. The summed E-state index contributed by atoms with van der Waals surface area (Å²) in [6.07, 6.45) is 1.64. The summed E-state index contributed by atoms with van der Waals surface area (Å²) in [5, 5.41) is 3.01. The zero-order valence-electron chi connectivity index (χ0n) is 8.00. The number of carbonyl (C=O) groups excluding carboxylic acids is 2. The Labute approximate surface area is 84.3 Å². The third-order valence-corrected chi connectivity index (χ3v) is 1.96. The van der Waals surface area contributed by atoms with Crippen molar-refractivity contribution in [2.45, 2.75) is 13.8 Å². The number of rotatable bonds is 1. The van der Waals surface area contributed by atoms with Crippen LogP contribution in [-0.2, 0) is 4.79 Å². The number of pyridine rings is 1. The van der Waals surface area contributed by atoms with Gasteiger partial charge in [0.15, 0.2) is 0 Å². The lowest BCUT2D eigenvalue weighted by molar-refractivity contribution is -0.118. The Hall–Kier alpha value is -1.28. The number of nitrogens with zero attached hydrogens (tertiary/aromatic N) is 1. The zero-order valence-corrected chi connectivity index (χ0v) is 9.15. The summed E-state index contributed by atoms with van der Waals surface area (Å²) in [5.74, 6) is -0.782. The van der Waals surface area contributed by atoms with Crippen molar-refractivity contribution in [1.82, 2.24) is 10.3 Å². The first-order valence-electron chi connectivity index (χ1n) is 4.04. The van der Waals surface area contributed by atoms with E-state index in [1.807, 2.05) is 0 Å². The molecule has 0 fully saturated rings. The lowest BCUT2D eigenvalue weighted by Gasteiger charge is -2.04. The Kier molecular flexibility index (Phi) is 3.31. The first kappa shape index (κ1) is 10.8. The van der Waals surface area contributed by atoms with E-state index in [0.29, 0.717) is 11.3 Å². The molecule has 0 spiro atoms. The highest BCUT2D eigenvalue weighted by molar-refractivity contribution is 7.27. The number of hydrogen-bond donors (Lipinski definition) is 1. The monoisotopic (exact) mass is 210 g/mol. The van der Waals surface area contributed by atoms with E-state index < -0.39 is 5.91 Å². The summed E-state index contributed by atoms with van der Waals surface area (Å²) in [5.41, 5.74) is 1.03. The highest BCUT2D eigenvalue weighted by atomic mass is 31.0. The summed E-state index contributed by atoms with van der Waals surface area (Å²) in [7, 11) is 2.45. The molecular weight excluding hydrogens is 199 g/mol. The highest BCUT2D eigenvalue weighted by Gasteiger charge is 2.10. The van der Waals surface area contributed by atoms with E-state index in [1.165, 1.54) is 6.92 Å². The molecule has 0 aliphatic carbocycles. The first-order chi connectivity index (χ1) is 6.50. The van der Waals surface area contributed by atoms with E-state index in [1.54, 1.807) is 19.2 Å². The highest BCUT2D eigenvalue weighted by Crippen LogP contribution is 2.03. The fourth-order valence-electron chi connectivity index (χ4n) is 1.01. The number of carbonyl (C=O) groups is 2. The molecule has 1 N–H and O–H groups in total. The number of hydrogen-bond acceptors (Lipinski definition) is 3. The van der Waals surface area contributed by atoms with Gasteiger partial charge in [0, 0.05) is 13.1 Å². The molecule has 0 aliphatic heterocycles. The van der Waals surface area contributed by atoms with Gasteiger partial charge in [0.1, 0.15) is 0 Å². The topological polar surface area (TPSA) is 59.1 Å². The van der Waals surface area contributed by atoms with Crippen LogP contribution in [0.3, 0.4) is 0 Å². The molecule has 0 bridgehead atoms. The standard InChI is InChI=1S/C9H11N2O2P/c1-5-8(3-7(14)4-10-5)9(13)11-6(2)12/h3-4H,14H2,1-2H3,(H,11,12,13). The summed E-state index contributed by atoms with van der Waals surface area (Å²) in [6, 6.07) is 1.67. The van der Waals surface area contributed by atoms with Gasteiger partial charge in [-0.1, -0.05) is 0 Å². The van der Waals surface area contributed by atoms with Crippen LogP contribution in [-0.4, -0.2) is 16.8 Å². The van der Waals surface area contributed by atoms with Crippen LogP contribution >= 0.6 is 9.24 Å². The van der Waals surface area contributed by atoms with Crippen molar-refractivity contribution in [3.63, 3.8) is 0 Å². The van der Waals surface area contributed by atoms with Gasteiger partial charge in [-0.2, -0.15) is 0 Å². The third kappa shape index (κ3) is 2.60. The van der Waals surface area contributed by atoms with Gasteiger partial charge >= 0.3 is 0 Å². The van der Waals surface area contributed by atoms with Crippen molar-refractivity contribution in [1.29, 1.82) is 0 Å². The van der Waals surface area contributed by atoms with Gasteiger partial charge in [0.2, 0.25) is 5.91 Å². The maximum atomic E-state index is 11.4.